The van der Waals surface area contributed by atoms with Gasteiger partial charge in [-0.05, 0) is 52.5 Å². The van der Waals surface area contributed by atoms with Gasteiger partial charge in [0.2, 0.25) is 0 Å². The van der Waals surface area contributed by atoms with Gasteiger partial charge in [-0.2, -0.15) is 0 Å². The van der Waals surface area contributed by atoms with Crippen molar-refractivity contribution in [3.05, 3.63) is 58.2 Å². The summed E-state index contributed by atoms with van der Waals surface area (Å²) in [5.74, 6) is 0.894. The second kappa shape index (κ2) is 6.01. The lowest BCUT2D eigenvalue weighted by atomic mass is 10.1. The minimum absolute atomic E-state index is 0.254. The van der Waals surface area contributed by atoms with Crippen LogP contribution in [0.5, 0.6) is 0 Å². The van der Waals surface area contributed by atoms with Crippen molar-refractivity contribution in [3.8, 4) is 0 Å². The van der Waals surface area contributed by atoms with Crippen molar-refractivity contribution in [2.45, 2.75) is 26.3 Å². The van der Waals surface area contributed by atoms with E-state index in [9.17, 15) is 0 Å². The third-order valence-corrected chi connectivity index (χ3v) is 3.45. The van der Waals surface area contributed by atoms with Crippen molar-refractivity contribution in [1.29, 1.82) is 0 Å². The molecule has 3 heteroatoms. The summed E-state index contributed by atoms with van der Waals surface area (Å²) < 4.78 is 0.994. The van der Waals surface area contributed by atoms with Gasteiger partial charge in [-0.1, -0.05) is 31.2 Å². The highest BCUT2D eigenvalue weighted by atomic mass is 79.9. The molecule has 0 amide bonds. The Kier molecular flexibility index (Phi) is 4.37. The number of nitrogens with one attached hydrogen (secondary N) is 1. The van der Waals surface area contributed by atoms with Crippen LogP contribution in [0.4, 0.5) is 5.82 Å². The van der Waals surface area contributed by atoms with E-state index in [-0.39, 0.29) is 6.04 Å². The third kappa shape index (κ3) is 3.33. The molecule has 0 spiro atoms. The van der Waals surface area contributed by atoms with Gasteiger partial charge in [0.05, 0.1) is 0 Å². The molecular weight excluding hydrogens is 288 g/mol. The first-order valence-corrected chi connectivity index (χ1v) is 6.95. The number of benzene rings is 1. The zero-order valence-corrected chi connectivity index (χ0v) is 12.2. The molecule has 0 radical (unpaired) electrons. The van der Waals surface area contributed by atoms with Crippen molar-refractivity contribution in [2.24, 2.45) is 0 Å². The van der Waals surface area contributed by atoms with Crippen LogP contribution in [0.3, 0.4) is 0 Å². The van der Waals surface area contributed by atoms with Crippen molar-refractivity contribution < 1.29 is 0 Å². The van der Waals surface area contributed by atoms with E-state index in [4.69, 9.17) is 0 Å². The summed E-state index contributed by atoms with van der Waals surface area (Å²) in [6.45, 7) is 4.31. The molecule has 2 aromatic rings. The van der Waals surface area contributed by atoms with Crippen LogP contribution in [0.25, 0.3) is 0 Å². The van der Waals surface area contributed by atoms with Crippen LogP contribution in [0, 0.1) is 0 Å². The van der Waals surface area contributed by atoms with Gasteiger partial charge < -0.3 is 5.32 Å². The van der Waals surface area contributed by atoms with Gasteiger partial charge >= 0.3 is 0 Å². The number of aryl methyl sites for hydroxylation is 1. The van der Waals surface area contributed by atoms with Crippen molar-refractivity contribution >= 4 is 21.7 Å². The maximum absolute atomic E-state index is 4.32. The zero-order valence-electron chi connectivity index (χ0n) is 10.7. The number of hydrogen-bond acceptors (Lipinski definition) is 2. The zero-order chi connectivity index (χ0) is 13.0. The fourth-order valence-corrected chi connectivity index (χ4v) is 2.04. The Morgan fingerprint density at radius 2 is 1.89 bits per heavy atom. The second-order valence-electron chi connectivity index (χ2n) is 4.32. The maximum Gasteiger partial charge on any atom is 0.126 e. The molecule has 2 nitrogen and oxygen atoms in total. The van der Waals surface area contributed by atoms with Crippen LogP contribution in [0.1, 0.15) is 31.0 Å². The molecule has 1 N–H and O–H groups in total. The van der Waals surface area contributed by atoms with Gasteiger partial charge in [-0.15, -0.1) is 0 Å². The molecule has 1 heterocycles. The van der Waals surface area contributed by atoms with Crippen molar-refractivity contribution in [2.75, 3.05) is 5.32 Å². The number of pyridine rings is 1. The standard InChI is InChI=1S/C15H17BrN2/c1-3-12-4-6-13(7-5-12)11(2)18-15-9-8-14(16)10-17-15/h4-11H,3H2,1-2H3,(H,17,18). The van der Waals surface area contributed by atoms with E-state index in [1.54, 1.807) is 6.20 Å². The molecule has 0 aliphatic rings. The Morgan fingerprint density at radius 3 is 2.44 bits per heavy atom. The summed E-state index contributed by atoms with van der Waals surface area (Å²) >= 11 is 3.38. The molecule has 1 aromatic carbocycles. The Hall–Kier alpha value is -1.35. The highest BCUT2D eigenvalue weighted by Crippen LogP contribution is 2.19. The Balaban J connectivity index is 2.06. The number of anilines is 1. The molecule has 0 fully saturated rings. The lowest BCUT2D eigenvalue weighted by molar-refractivity contribution is 0.872. The number of rotatable bonds is 4. The smallest absolute Gasteiger partial charge is 0.126 e. The van der Waals surface area contributed by atoms with Crippen molar-refractivity contribution in [1.82, 2.24) is 4.98 Å². The fourth-order valence-electron chi connectivity index (χ4n) is 1.81. The lowest BCUT2D eigenvalue weighted by Gasteiger charge is -2.15. The second-order valence-corrected chi connectivity index (χ2v) is 5.24. The lowest BCUT2D eigenvalue weighted by Crippen LogP contribution is -2.07. The molecule has 0 aliphatic carbocycles. The Labute approximate surface area is 117 Å². The molecule has 1 unspecified atom stereocenters. The van der Waals surface area contributed by atoms with Crippen LogP contribution in [-0.4, -0.2) is 4.98 Å². The molecule has 1 atom stereocenters. The molecule has 0 aliphatic heterocycles. The first-order chi connectivity index (χ1) is 8.69. The van der Waals surface area contributed by atoms with Gasteiger partial charge in [0, 0.05) is 16.7 Å². The summed E-state index contributed by atoms with van der Waals surface area (Å²) in [5.41, 5.74) is 2.64. The van der Waals surface area contributed by atoms with E-state index in [1.165, 1.54) is 11.1 Å². The minimum Gasteiger partial charge on any atom is -0.364 e. The van der Waals surface area contributed by atoms with E-state index in [1.807, 2.05) is 12.1 Å². The van der Waals surface area contributed by atoms with E-state index in [0.29, 0.717) is 0 Å². The number of hydrogen-bond donors (Lipinski definition) is 1. The summed E-state index contributed by atoms with van der Waals surface area (Å²) in [4.78, 5) is 4.32. The van der Waals surface area contributed by atoms with Crippen LogP contribution in [0.15, 0.2) is 47.1 Å². The molecule has 0 saturated carbocycles. The minimum atomic E-state index is 0.254. The van der Waals surface area contributed by atoms with Crippen LogP contribution < -0.4 is 5.32 Å². The monoisotopic (exact) mass is 304 g/mol. The number of nitrogens with zero attached hydrogens (tertiary/aromatic N) is 1. The largest absolute Gasteiger partial charge is 0.364 e. The molecule has 0 bridgehead atoms. The first kappa shape index (κ1) is 13.1. The number of halogens is 1. The highest BCUT2D eigenvalue weighted by Gasteiger charge is 2.05. The van der Waals surface area contributed by atoms with E-state index in [2.05, 4.69) is 64.3 Å². The Morgan fingerprint density at radius 1 is 1.17 bits per heavy atom. The highest BCUT2D eigenvalue weighted by molar-refractivity contribution is 9.10. The first-order valence-electron chi connectivity index (χ1n) is 6.16. The summed E-state index contributed by atoms with van der Waals surface area (Å²) in [6.07, 6.45) is 2.88. The van der Waals surface area contributed by atoms with Crippen LogP contribution in [-0.2, 0) is 6.42 Å². The Bertz CT molecular complexity index is 491. The normalized spacial score (nSPS) is 12.2. The summed E-state index contributed by atoms with van der Waals surface area (Å²) in [6, 6.07) is 12.9. The maximum atomic E-state index is 4.32. The van der Waals surface area contributed by atoms with Gasteiger partial charge in [-0.25, -0.2) is 4.98 Å². The SMILES string of the molecule is CCc1ccc(C(C)Nc2ccc(Br)cn2)cc1. The molecule has 94 valence electrons. The quantitative estimate of drug-likeness (QED) is 0.894. The van der Waals surface area contributed by atoms with Gasteiger partial charge in [0.15, 0.2) is 0 Å². The molecule has 18 heavy (non-hydrogen) atoms. The average Bonchev–Trinajstić information content (AvgIpc) is 2.41. The topological polar surface area (TPSA) is 24.9 Å². The van der Waals surface area contributed by atoms with Gasteiger partial charge in [0.1, 0.15) is 5.82 Å². The van der Waals surface area contributed by atoms with Gasteiger partial charge in [0.25, 0.3) is 0 Å². The van der Waals surface area contributed by atoms with E-state index >= 15 is 0 Å². The predicted molar refractivity (Wildman–Crippen MR) is 79.8 cm³/mol. The fraction of sp³-hybridized carbons (Fsp3) is 0.267. The molecular formula is C15H17BrN2. The average molecular weight is 305 g/mol. The van der Waals surface area contributed by atoms with E-state index in [0.717, 1.165) is 16.7 Å². The van der Waals surface area contributed by atoms with Crippen molar-refractivity contribution in [3.63, 3.8) is 0 Å². The van der Waals surface area contributed by atoms with Crippen LogP contribution >= 0.6 is 15.9 Å². The van der Waals surface area contributed by atoms with Gasteiger partial charge in [-0.3, -0.25) is 0 Å². The van der Waals surface area contributed by atoms with E-state index < -0.39 is 0 Å². The molecule has 1 aromatic heterocycles. The summed E-state index contributed by atoms with van der Waals surface area (Å²) in [5, 5.41) is 3.39. The number of aromatic nitrogens is 1. The third-order valence-electron chi connectivity index (χ3n) is 2.98. The van der Waals surface area contributed by atoms with Crippen LogP contribution in [0.2, 0.25) is 0 Å². The molecule has 0 saturated heterocycles. The predicted octanol–water partition coefficient (Wildman–Crippen LogP) is 4.58. The summed E-state index contributed by atoms with van der Waals surface area (Å²) in [7, 11) is 0. The molecule has 2 rings (SSSR count).